The van der Waals surface area contributed by atoms with Gasteiger partial charge in [-0.05, 0) is 74.5 Å². The molecule has 2 saturated heterocycles. The lowest BCUT2D eigenvalue weighted by Gasteiger charge is -2.53. The Kier molecular flexibility index (Phi) is 5.51. The van der Waals surface area contributed by atoms with Gasteiger partial charge in [-0.25, -0.2) is 0 Å². The zero-order chi connectivity index (χ0) is 21.3. The van der Waals surface area contributed by atoms with Gasteiger partial charge in [0.05, 0.1) is 5.56 Å². The van der Waals surface area contributed by atoms with E-state index >= 15 is 0 Å². The van der Waals surface area contributed by atoms with Crippen LogP contribution in [0.25, 0.3) is 0 Å². The van der Waals surface area contributed by atoms with Crippen molar-refractivity contribution in [1.29, 1.82) is 0 Å². The Morgan fingerprint density at radius 2 is 1.97 bits per heavy atom. The largest absolute Gasteiger partial charge is 0.349 e. The highest BCUT2D eigenvalue weighted by atomic mass is 16.2. The summed E-state index contributed by atoms with van der Waals surface area (Å²) in [6, 6.07) is 14.4. The number of nitrogens with zero attached hydrogens (tertiary/aromatic N) is 2. The van der Waals surface area contributed by atoms with E-state index in [-0.39, 0.29) is 17.5 Å². The summed E-state index contributed by atoms with van der Waals surface area (Å²) in [6.07, 6.45) is 11.1. The van der Waals surface area contributed by atoms with Gasteiger partial charge < -0.3 is 10.2 Å². The van der Waals surface area contributed by atoms with E-state index in [1.807, 2.05) is 6.07 Å². The predicted octanol–water partition coefficient (Wildman–Crippen LogP) is 3.99. The van der Waals surface area contributed by atoms with E-state index in [2.05, 4.69) is 45.5 Å². The van der Waals surface area contributed by atoms with Crippen LogP contribution in [-0.2, 0) is 11.2 Å². The normalized spacial score (nSPS) is 30.3. The van der Waals surface area contributed by atoms with Gasteiger partial charge in [-0.1, -0.05) is 30.3 Å². The molecule has 1 aliphatic carbocycles. The fraction of sp³-hybridized carbons (Fsp3) is 0.500. The monoisotopic (exact) mass is 417 g/mol. The highest BCUT2D eigenvalue weighted by molar-refractivity contribution is 5.94. The van der Waals surface area contributed by atoms with Crippen molar-refractivity contribution < 1.29 is 9.59 Å². The first kappa shape index (κ1) is 20.2. The van der Waals surface area contributed by atoms with Crippen molar-refractivity contribution in [2.75, 3.05) is 6.54 Å². The molecule has 3 heterocycles. The van der Waals surface area contributed by atoms with Gasteiger partial charge in [-0.3, -0.25) is 14.6 Å². The molecule has 0 bridgehead atoms. The average Bonchev–Trinajstić information content (AvgIpc) is 3.17. The number of hydrogen-bond donors (Lipinski definition) is 1. The third-order valence-electron chi connectivity index (χ3n) is 7.90. The molecular formula is C26H31N3O2. The molecule has 1 N–H and O–H groups in total. The molecule has 0 radical (unpaired) electrons. The Labute approximate surface area is 184 Å². The molecule has 5 rings (SSSR count). The number of pyridine rings is 1. The van der Waals surface area contributed by atoms with Crippen molar-refractivity contribution in [1.82, 2.24) is 15.2 Å². The highest BCUT2D eigenvalue weighted by Gasteiger charge is 2.56. The summed E-state index contributed by atoms with van der Waals surface area (Å²) in [7, 11) is 0. The third kappa shape index (κ3) is 3.75. The highest BCUT2D eigenvalue weighted by Crippen LogP contribution is 2.52. The fourth-order valence-electron chi connectivity index (χ4n) is 6.59. The third-order valence-corrected chi connectivity index (χ3v) is 7.90. The average molecular weight is 418 g/mol. The Morgan fingerprint density at radius 1 is 1.10 bits per heavy atom. The van der Waals surface area contributed by atoms with E-state index in [9.17, 15) is 9.59 Å². The SMILES string of the molecule is O=C(N[C@H]1CC[C@@]23CCCN2C(=O)CCC[C@H]3[C@H]1Cc1ccccc1)c1cccnc1. The summed E-state index contributed by atoms with van der Waals surface area (Å²) in [5.41, 5.74) is 1.91. The molecule has 3 fully saturated rings. The molecule has 0 unspecified atom stereocenters. The maximum absolute atomic E-state index is 13.0. The van der Waals surface area contributed by atoms with Crippen molar-refractivity contribution in [3.8, 4) is 0 Å². The molecule has 162 valence electrons. The van der Waals surface area contributed by atoms with Crippen LogP contribution >= 0.6 is 0 Å². The molecule has 31 heavy (non-hydrogen) atoms. The van der Waals surface area contributed by atoms with Crippen molar-refractivity contribution in [3.05, 3.63) is 66.0 Å². The fourth-order valence-corrected chi connectivity index (χ4v) is 6.59. The molecule has 2 aliphatic heterocycles. The molecule has 1 spiro atoms. The Hall–Kier alpha value is -2.69. The number of carbonyl (C=O) groups excluding carboxylic acids is 2. The summed E-state index contributed by atoms with van der Waals surface area (Å²) in [5.74, 6) is 1.05. The van der Waals surface area contributed by atoms with Crippen LogP contribution in [0.2, 0.25) is 0 Å². The molecule has 4 atom stereocenters. The van der Waals surface area contributed by atoms with Crippen LogP contribution in [0.15, 0.2) is 54.9 Å². The number of carbonyl (C=O) groups is 2. The number of rotatable bonds is 4. The first-order valence-electron chi connectivity index (χ1n) is 11.7. The molecular weight excluding hydrogens is 386 g/mol. The zero-order valence-electron chi connectivity index (χ0n) is 18.0. The Bertz CT molecular complexity index is 932. The molecule has 5 heteroatoms. The molecule has 1 aromatic heterocycles. The van der Waals surface area contributed by atoms with Crippen LogP contribution < -0.4 is 5.32 Å². The van der Waals surface area contributed by atoms with Gasteiger partial charge in [0.2, 0.25) is 5.91 Å². The lowest BCUT2D eigenvalue weighted by molar-refractivity contribution is -0.138. The number of hydrogen-bond acceptors (Lipinski definition) is 3. The van der Waals surface area contributed by atoms with Gasteiger partial charge in [-0.15, -0.1) is 0 Å². The lowest BCUT2D eigenvalue weighted by atomic mass is 9.61. The van der Waals surface area contributed by atoms with Crippen LogP contribution in [0.3, 0.4) is 0 Å². The second kappa shape index (κ2) is 8.45. The van der Waals surface area contributed by atoms with Gasteiger partial charge in [0.25, 0.3) is 5.91 Å². The summed E-state index contributed by atoms with van der Waals surface area (Å²) in [4.78, 5) is 32.3. The number of benzene rings is 1. The molecule has 1 saturated carbocycles. The molecule has 5 nitrogen and oxygen atoms in total. The Morgan fingerprint density at radius 3 is 2.77 bits per heavy atom. The zero-order valence-corrected chi connectivity index (χ0v) is 18.0. The molecule has 3 aliphatic rings. The quantitative estimate of drug-likeness (QED) is 0.818. The van der Waals surface area contributed by atoms with Gasteiger partial charge >= 0.3 is 0 Å². The van der Waals surface area contributed by atoms with Crippen LogP contribution in [-0.4, -0.2) is 39.8 Å². The first-order valence-corrected chi connectivity index (χ1v) is 11.7. The summed E-state index contributed by atoms with van der Waals surface area (Å²) in [6.45, 7) is 0.903. The summed E-state index contributed by atoms with van der Waals surface area (Å²) in [5, 5.41) is 3.36. The minimum Gasteiger partial charge on any atom is -0.349 e. The predicted molar refractivity (Wildman–Crippen MR) is 119 cm³/mol. The van der Waals surface area contributed by atoms with Crippen molar-refractivity contribution >= 4 is 11.8 Å². The second-order valence-corrected chi connectivity index (χ2v) is 9.47. The summed E-state index contributed by atoms with van der Waals surface area (Å²) < 4.78 is 0. The van der Waals surface area contributed by atoms with E-state index in [1.54, 1.807) is 18.5 Å². The van der Waals surface area contributed by atoms with Gasteiger partial charge in [-0.2, -0.15) is 0 Å². The van der Waals surface area contributed by atoms with Crippen molar-refractivity contribution in [3.63, 3.8) is 0 Å². The van der Waals surface area contributed by atoms with Crippen LogP contribution in [0.4, 0.5) is 0 Å². The topological polar surface area (TPSA) is 62.3 Å². The van der Waals surface area contributed by atoms with Crippen LogP contribution in [0.5, 0.6) is 0 Å². The van der Waals surface area contributed by atoms with Crippen molar-refractivity contribution in [2.24, 2.45) is 11.8 Å². The molecule has 2 aromatic rings. The standard InChI is InChI=1S/C26H31N3O2/c30-24-11-4-10-22-21(17-19-7-2-1-3-8-19)23(12-14-26(22)13-6-16-29(24)26)28-25(31)20-9-5-15-27-18-20/h1-3,5,7-9,15,18,21-23H,4,6,10-14,16-17H2,(H,28,31)/t21-,22+,23+,26-/m1/s1. The molecule has 2 amide bonds. The minimum absolute atomic E-state index is 0.0113. The Balaban J connectivity index is 1.47. The number of aromatic nitrogens is 1. The van der Waals surface area contributed by atoms with Gasteiger partial charge in [0, 0.05) is 36.9 Å². The van der Waals surface area contributed by atoms with Crippen LogP contribution in [0, 0.1) is 11.8 Å². The minimum atomic E-state index is -0.0416. The van der Waals surface area contributed by atoms with E-state index in [1.165, 1.54) is 5.56 Å². The smallest absolute Gasteiger partial charge is 0.253 e. The van der Waals surface area contributed by atoms with E-state index in [0.717, 1.165) is 51.5 Å². The maximum atomic E-state index is 13.0. The lowest BCUT2D eigenvalue weighted by Crippen LogP contribution is -2.60. The van der Waals surface area contributed by atoms with Gasteiger partial charge in [0.15, 0.2) is 0 Å². The second-order valence-electron chi connectivity index (χ2n) is 9.47. The maximum Gasteiger partial charge on any atom is 0.253 e. The molecule has 1 aromatic carbocycles. The van der Waals surface area contributed by atoms with Gasteiger partial charge in [0.1, 0.15) is 0 Å². The van der Waals surface area contributed by atoms with E-state index in [0.29, 0.717) is 29.7 Å². The number of amides is 2. The van der Waals surface area contributed by atoms with E-state index < -0.39 is 0 Å². The van der Waals surface area contributed by atoms with E-state index in [4.69, 9.17) is 0 Å². The first-order chi connectivity index (χ1) is 15.2. The van der Waals surface area contributed by atoms with Crippen LogP contribution in [0.1, 0.15) is 60.9 Å². The number of nitrogens with one attached hydrogen (secondary N) is 1. The van der Waals surface area contributed by atoms with Crippen molar-refractivity contribution in [2.45, 2.75) is 62.9 Å². The summed E-state index contributed by atoms with van der Waals surface area (Å²) >= 11 is 0.